The Balaban J connectivity index is 1.24. The summed E-state index contributed by atoms with van der Waals surface area (Å²) < 4.78 is 32.0. The largest absolute Gasteiger partial charge is 0.474 e. The normalized spacial score (nSPS) is 21.4. The van der Waals surface area contributed by atoms with Crippen molar-refractivity contribution in [3.8, 4) is 5.88 Å². The summed E-state index contributed by atoms with van der Waals surface area (Å²) in [5, 5.41) is -0.246. The van der Waals surface area contributed by atoms with Crippen LogP contribution in [-0.4, -0.2) is 55.7 Å². The van der Waals surface area contributed by atoms with Crippen LogP contribution in [0.15, 0.2) is 18.3 Å². The van der Waals surface area contributed by atoms with Gasteiger partial charge >= 0.3 is 0 Å². The van der Waals surface area contributed by atoms with Crippen LogP contribution in [0.5, 0.6) is 5.88 Å². The molecule has 3 aliphatic rings. The molecule has 2 heterocycles. The monoisotopic (exact) mass is 435 g/mol. The number of ether oxygens (including phenoxy) is 1. The average molecular weight is 436 g/mol. The lowest BCUT2D eigenvalue weighted by atomic mass is 9.86. The molecule has 166 valence electrons. The number of carbonyl (C=O) groups is 1. The Bertz CT molecular complexity index is 824. The number of rotatable bonds is 7. The zero-order valence-electron chi connectivity index (χ0n) is 17.8. The number of likely N-dealkylation sites (tertiary alicyclic amines) is 1. The van der Waals surface area contributed by atoms with Crippen molar-refractivity contribution in [2.45, 2.75) is 75.6 Å². The van der Waals surface area contributed by atoms with Crippen molar-refractivity contribution < 1.29 is 17.9 Å². The number of piperidine rings is 1. The molecule has 8 heteroatoms. The molecule has 2 aliphatic carbocycles. The lowest BCUT2D eigenvalue weighted by Gasteiger charge is -2.33. The highest BCUT2D eigenvalue weighted by atomic mass is 32.2. The van der Waals surface area contributed by atoms with Crippen molar-refractivity contribution in [3.05, 3.63) is 18.3 Å². The predicted molar refractivity (Wildman–Crippen MR) is 116 cm³/mol. The maximum Gasteiger partial charge on any atom is 0.237 e. The smallest absolute Gasteiger partial charge is 0.237 e. The number of amides is 1. The van der Waals surface area contributed by atoms with Crippen molar-refractivity contribution in [3.63, 3.8) is 0 Å². The van der Waals surface area contributed by atoms with Gasteiger partial charge in [-0.1, -0.05) is 19.3 Å². The number of anilines is 1. The van der Waals surface area contributed by atoms with Crippen molar-refractivity contribution in [2.24, 2.45) is 5.92 Å². The highest BCUT2D eigenvalue weighted by Gasteiger charge is 2.39. The second-order valence-corrected chi connectivity index (χ2v) is 11.2. The van der Waals surface area contributed by atoms with Crippen LogP contribution in [0.4, 0.5) is 5.69 Å². The average Bonchev–Trinajstić information content (AvgIpc) is 3.61. The predicted octanol–water partition coefficient (Wildman–Crippen LogP) is 3.35. The lowest BCUT2D eigenvalue weighted by molar-refractivity contribution is -0.134. The zero-order valence-corrected chi connectivity index (χ0v) is 18.6. The summed E-state index contributed by atoms with van der Waals surface area (Å²) in [6, 6.07) is 3.47. The summed E-state index contributed by atoms with van der Waals surface area (Å²) in [7, 11) is -1.69. The van der Waals surface area contributed by atoms with Gasteiger partial charge in [-0.05, 0) is 37.7 Å². The van der Waals surface area contributed by atoms with Gasteiger partial charge in [-0.25, -0.2) is 13.4 Å². The van der Waals surface area contributed by atoms with Crippen molar-refractivity contribution in [1.82, 2.24) is 9.88 Å². The topological polar surface area (TPSA) is 79.8 Å². The fourth-order valence-electron chi connectivity index (χ4n) is 4.53. The highest BCUT2D eigenvalue weighted by molar-refractivity contribution is 7.93. The Morgan fingerprint density at radius 1 is 1.10 bits per heavy atom. The molecule has 0 atom stereocenters. The van der Waals surface area contributed by atoms with Crippen LogP contribution in [0.1, 0.15) is 64.2 Å². The van der Waals surface area contributed by atoms with Gasteiger partial charge in [0.05, 0.1) is 17.1 Å². The molecule has 0 N–H and O–H groups in total. The molecule has 0 bridgehead atoms. The minimum atomic E-state index is -3.27. The van der Waals surface area contributed by atoms with E-state index in [0.29, 0.717) is 29.8 Å². The maximum atomic E-state index is 12.6. The standard InChI is InChI=1S/C22H33N3O4S/c1-24(30(27,28)20-8-9-20)18-7-10-21(23-16-18)29-19-11-13-25(14-12-19)22(26)15-17-5-3-2-4-6-17/h7,10,16-17,19-20H,2-6,8-9,11-15H2,1H3. The number of pyridine rings is 1. The summed E-state index contributed by atoms with van der Waals surface area (Å²) in [4.78, 5) is 18.9. The minimum absolute atomic E-state index is 0.0370. The van der Waals surface area contributed by atoms with Gasteiger partial charge in [-0.3, -0.25) is 9.10 Å². The molecule has 4 rings (SSSR count). The molecule has 7 nitrogen and oxygen atoms in total. The summed E-state index contributed by atoms with van der Waals surface area (Å²) in [6.45, 7) is 1.47. The highest BCUT2D eigenvalue weighted by Crippen LogP contribution is 2.33. The number of hydrogen-bond donors (Lipinski definition) is 0. The maximum absolute atomic E-state index is 12.6. The Kier molecular flexibility index (Phi) is 6.51. The van der Waals surface area contributed by atoms with Crippen LogP contribution in [0.2, 0.25) is 0 Å². The molecule has 3 fully saturated rings. The molecule has 2 saturated carbocycles. The van der Waals surface area contributed by atoms with Crippen LogP contribution in [-0.2, 0) is 14.8 Å². The van der Waals surface area contributed by atoms with E-state index in [1.54, 1.807) is 25.4 Å². The van der Waals surface area contributed by atoms with Crippen LogP contribution in [0.25, 0.3) is 0 Å². The van der Waals surface area contributed by atoms with Gasteiger partial charge in [0.15, 0.2) is 0 Å². The summed E-state index contributed by atoms with van der Waals surface area (Å²) in [5.74, 6) is 1.37. The molecule has 1 aliphatic heterocycles. The van der Waals surface area contributed by atoms with Gasteiger partial charge in [-0.15, -0.1) is 0 Å². The summed E-state index contributed by atoms with van der Waals surface area (Å²) in [6.07, 6.45) is 11.6. The number of aromatic nitrogens is 1. The van der Waals surface area contributed by atoms with Gasteiger partial charge in [-0.2, -0.15) is 0 Å². The quantitative estimate of drug-likeness (QED) is 0.656. The van der Waals surface area contributed by atoms with E-state index in [-0.39, 0.29) is 11.4 Å². The molecule has 0 radical (unpaired) electrons. The Morgan fingerprint density at radius 3 is 2.40 bits per heavy atom. The molecule has 1 saturated heterocycles. The number of nitrogens with zero attached hydrogens (tertiary/aromatic N) is 3. The van der Waals surface area contributed by atoms with E-state index < -0.39 is 10.0 Å². The molecule has 0 aromatic carbocycles. The van der Waals surface area contributed by atoms with Crippen LogP contribution >= 0.6 is 0 Å². The van der Waals surface area contributed by atoms with E-state index in [1.807, 2.05) is 4.90 Å². The van der Waals surface area contributed by atoms with Crippen molar-refractivity contribution in [2.75, 3.05) is 24.4 Å². The third-order valence-corrected chi connectivity index (χ3v) is 8.97. The number of sulfonamides is 1. The Morgan fingerprint density at radius 2 is 1.80 bits per heavy atom. The fraction of sp³-hybridized carbons (Fsp3) is 0.727. The second kappa shape index (κ2) is 9.12. The van der Waals surface area contributed by atoms with Gasteiger partial charge in [0.25, 0.3) is 0 Å². The molecule has 0 spiro atoms. The van der Waals surface area contributed by atoms with E-state index in [2.05, 4.69) is 4.98 Å². The van der Waals surface area contributed by atoms with Gasteiger partial charge in [0, 0.05) is 45.5 Å². The van der Waals surface area contributed by atoms with E-state index in [1.165, 1.54) is 36.4 Å². The molecular weight excluding hydrogens is 402 g/mol. The van der Waals surface area contributed by atoms with Crippen molar-refractivity contribution >= 4 is 21.6 Å². The summed E-state index contributed by atoms with van der Waals surface area (Å²) >= 11 is 0. The SMILES string of the molecule is CN(c1ccc(OC2CCN(C(=O)CC3CCCCC3)CC2)nc1)S(=O)(=O)C1CC1. The first-order chi connectivity index (χ1) is 14.4. The van der Waals surface area contributed by atoms with Gasteiger partial charge < -0.3 is 9.64 Å². The van der Waals surface area contributed by atoms with E-state index in [0.717, 1.165) is 38.8 Å². The van der Waals surface area contributed by atoms with Gasteiger partial charge in [0.1, 0.15) is 6.10 Å². The molecule has 1 amide bonds. The molecule has 1 aromatic rings. The number of carbonyl (C=O) groups excluding carboxylic acids is 1. The number of hydrogen-bond acceptors (Lipinski definition) is 5. The van der Waals surface area contributed by atoms with Crippen molar-refractivity contribution in [1.29, 1.82) is 0 Å². The van der Waals surface area contributed by atoms with E-state index in [9.17, 15) is 13.2 Å². The third-order valence-electron chi connectivity index (χ3n) is 6.68. The first kappa shape index (κ1) is 21.4. The molecule has 30 heavy (non-hydrogen) atoms. The Hall–Kier alpha value is -1.83. The minimum Gasteiger partial charge on any atom is -0.474 e. The fourth-order valence-corrected chi connectivity index (χ4v) is 6.11. The lowest BCUT2D eigenvalue weighted by Crippen LogP contribution is -2.42. The van der Waals surface area contributed by atoms with Crippen LogP contribution in [0.3, 0.4) is 0 Å². The zero-order chi connectivity index (χ0) is 21.1. The van der Waals surface area contributed by atoms with E-state index in [4.69, 9.17) is 4.74 Å². The van der Waals surface area contributed by atoms with Crippen LogP contribution < -0.4 is 9.04 Å². The summed E-state index contributed by atoms with van der Waals surface area (Å²) in [5.41, 5.74) is 0.553. The van der Waals surface area contributed by atoms with Crippen LogP contribution in [0, 0.1) is 5.92 Å². The second-order valence-electron chi connectivity index (χ2n) is 8.97. The third kappa shape index (κ3) is 5.07. The van der Waals surface area contributed by atoms with Gasteiger partial charge in [0.2, 0.25) is 21.8 Å². The first-order valence-electron chi connectivity index (χ1n) is 11.3. The van der Waals surface area contributed by atoms with E-state index >= 15 is 0 Å². The first-order valence-corrected chi connectivity index (χ1v) is 12.8. The molecule has 0 unspecified atom stereocenters. The Labute approximate surface area is 179 Å². The molecular formula is C22H33N3O4S. The molecule has 1 aromatic heterocycles.